The van der Waals surface area contributed by atoms with E-state index in [0.29, 0.717) is 6.54 Å². The topological polar surface area (TPSA) is 32.3 Å². The second kappa shape index (κ2) is 6.36. The molecule has 0 spiro atoms. The van der Waals surface area contributed by atoms with Gasteiger partial charge in [0, 0.05) is 12.6 Å². The fourth-order valence-corrected chi connectivity index (χ4v) is 3.07. The first-order valence-corrected chi connectivity index (χ1v) is 7.64. The van der Waals surface area contributed by atoms with Crippen LogP contribution < -0.4 is 5.32 Å². The van der Waals surface area contributed by atoms with Crippen molar-refractivity contribution < 1.29 is 13.6 Å². The molecule has 0 aromatic heterocycles. The van der Waals surface area contributed by atoms with Gasteiger partial charge in [-0.2, -0.15) is 0 Å². The summed E-state index contributed by atoms with van der Waals surface area (Å²) < 4.78 is 26.7. The van der Waals surface area contributed by atoms with Gasteiger partial charge in [0.05, 0.1) is 11.7 Å². The highest BCUT2D eigenvalue weighted by atomic mass is 19.1. The first-order valence-electron chi connectivity index (χ1n) is 7.64. The summed E-state index contributed by atoms with van der Waals surface area (Å²) in [5, 5.41) is 2.54. The lowest BCUT2D eigenvalue weighted by molar-refractivity contribution is 0.207. The molecule has 1 saturated heterocycles. The second-order valence-electron chi connectivity index (χ2n) is 5.76. The van der Waals surface area contributed by atoms with Gasteiger partial charge in [0.2, 0.25) is 0 Å². The number of hydrogen-bond donors (Lipinski definition) is 1. The number of nitrogens with one attached hydrogen (secondary N) is 1. The number of aryl methyl sites for hydroxylation is 1. The molecule has 1 heterocycles. The number of nitrogens with zero attached hydrogens (tertiary/aromatic N) is 1. The third-order valence-electron chi connectivity index (χ3n) is 4.23. The van der Waals surface area contributed by atoms with Crippen LogP contribution >= 0.6 is 0 Å². The molecule has 0 saturated carbocycles. The number of amides is 2. The monoisotopic (exact) mass is 316 g/mol. The van der Waals surface area contributed by atoms with Crippen molar-refractivity contribution in [3.8, 4) is 0 Å². The van der Waals surface area contributed by atoms with Crippen LogP contribution in [0.25, 0.3) is 0 Å². The number of urea groups is 1. The third-order valence-corrected chi connectivity index (χ3v) is 4.23. The number of hydrogen-bond acceptors (Lipinski definition) is 1. The Morgan fingerprint density at radius 2 is 2.00 bits per heavy atom. The Hall–Kier alpha value is -2.43. The molecular weight excluding hydrogens is 298 g/mol. The van der Waals surface area contributed by atoms with Crippen LogP contribution in [0.3, 0.4) is 0 Å². The van der Waals surface area contributed by atoms with E-state index in [2.05, 4.69) is 5.32 Å². The fraction of sp³-hybridized carbons (Fsp3) is 0.278. The number of anilines is 1. The standard InChI is InChI=1S/C18H18F2N2O/c1-12-5-2-3-6-14(12)17-7-4-10-22(17)18(23)21-16-9-8-13(19)11-15(16)20/h2-3,5-6,8-9,11,17H,4,7,10H2,1H3,(H,21,23)/t17-/m1/s1. The van der Waals surface area contributed by atoms with Gasteiger partial charge in [-0.1, -0.05) is 24.3 Å². The molecule has 1 atom stereocenters. The van der Waals surface area contributed by atoms with Crippen molar-refractivity contribution in [3.05, 3.63) is 65.2 Å². The summed E-state index contributed by atoms with van der Waals surface area (Å²) in [6.07, 6.45) is 1.78. The molecule has 23 heavy (non-hydrogen) atoms. The van der Waals surface area contributed by atoms with Crippen LogP contribution in [0.15, 0.2) is 42.5 Å². The van der Waals surface area contributed by atoms with Crippen LogP contribution in [0.2, 0.25) is 0 Å². The molecule has 120 valence electrons. The van der Waals surface area contributed by atoms with Gasteiger partial charge in [-0.25, -0.2) is 13.6 Å². The zero-order valence-electron chi connectivity index (χ0n) is 12.9. The predicted octanol–water partition coefficient (Wildman–Crippen LogP) is 4.64. The Labute approximate surface area is 133 Å². The molecule has 1 N–H and O–H groups in total. The quantitative estimate of drug-likeness (QED) is 0.860. The lowest BCUT2D eigenvalue weighted by Gasteiger charge is -2.26. The van der Waals surface area contributed by atoms with E-state index < -0.39 is 11.6 Å². The molecule has 3 rings (SSSR count). The summed E-state index contributed by atoms with van der Waals surface area (Å²) in [5.74, 6) is -1.44. The molecule has 0 aliphatic carbocycles. The third kappa shape index (κ3) is 3.18. The summed E-state index contributed by atoms with van der Waals surface area (Å²) in [7, 11) is 0. The maximum absolute atomic E-state index is 13.7. The number of halogens is 2. The zero-order chi connectivity index (χ0) is 16.4. The van der Waals surface area contributed by atoms with Crippen molar-refractivity contribution in [1.29, 1.82) is 0 Å². The van der Waals surface area contributed by atoms with Gasteiger partial charge < -0.3 is 10.2 Å². The molecule has 3 nitrogen and oxygen atoms in total. The Morgan fingerprint density at radius 3 is 2.74 bits per heavy atom. The van der Waals surface area contributed by atoms with E-state index in [-0.39, 0.29) is 17.8 Å². The van der Waals surface area contributed by atoms with Gasteiger partial charge >= 0.3 is 6.03 Å². The minimum Gasteiger partial charge on any atom is -0.317 e. The Morgan fingerprint density at radius 1 is 1.22 bits per heavy atom. The van der Waals surface area contributed by atoms with Gasteiger partial charge in [-0.3, -0.25) is 0 Å². The first-order chi connectivity index (χ1) is 11.1. The number of rotatable bonds is 2. The largest absolute Gasteiger partial charge is 0.322 e. The first kappa shape index (κ1) is 15.5. The molecule has 0 bridgehead atoms. The number of carbonyl (C=O) groups is 1. The van der Waals surface area contributed by atoms with Crippen LogP contribution in [0.5, 0.6) is 0 Å². The highest BCUT2D eigenvalue weighted by molar-refractivity contribution is 5.90. The van der Waals surface area contributed by atoms with Crippen molar-refractivity contribution in [2.24, 2.45) is 0 Å². The van der Waals surface area contributed by atoms with Crippen LogP contribution in [0.4, 0.5) is 19.3 Å². The number of carbonyl (C=O) groups excluding carboxylic acids is 1. The summed E-state index contributed by atoms with van der Waals surface area (Å²) in [5.41, 5.74) is 2.23. The molecule has 0 unspecified atom stereocenters. The van der Waals surface area contributed by atoms with E-state index in [1.54, 1.807) is 4.90 Å². The Balaban J connectivity index is 1.80. The molecule has 0 radical (unpaired) electrons. The van der Waals surface area contributed by atoms with Gasteiger partial charge in [-0.15, -0.1) is 0 Å². The van der Waals surface area contributed by atoms with Crippen LogP contribution in [0, 0.1) is 18.6 Å². The number of benzene rings is 2. The smallest absolute Gasteiger partial charge is 0.317 e. The van der Waals surface area contributed by atoms with Crippen molar-refractivity contribution >= 4 is 11.7 Å². The molecule has 5 heteroatoms. The average Bonchev–Trinajstić information content (AvgIpc) is 3.00. The van der Waals surface area contributed by atoms with Gasteiger partial charge in [0.15, 0.2) is 0 Å². The van der Waals surface area contributed by atoms with Crippen LogP contribution in [-0.4, -0.2) is 17.5 Å². The minimum atomic E-state index is -0.773. The highest BCUT2D eigenvalue weighted by Crippen LogP contribution is 2.34. The molecule has 2 aromatic carbocycles. The molecule has 2 aromatic rings. The SMILES string of the molecule is Cc1ccccc1[C@H]1CCCN1C(=O)Nc1ccc(F)cc1F. The second-order valence-corrected chi connectivity index (χ2v) is 5.76. The van der Waals surface area contributed by atoms with Crippen molar-refractivity contribution in [3.63, 3.8) is 0 Å². The number of likely N-dealkylation sites (tertiary alicyclic amines) is 1. The summed E-state index contributed by atoms with van der Waals surface area (Å²) in [6.45, 7) is 2.64. The maximum Gasteiger partial charge on any atom is 0.322 e. The molecule has 1 fully saturated rings. The molecular formula is C18H18F2N2O. The van der Waals surface area contributed by atoms with E-state index in [1.807, 2.05) is 31.2 Å². The fourth-order valence-electron chi connectivity index (χ4n) is 3.07. The van der Waals surface area contributed by atoms with Crippen molar-refractivity contribution in [2.75, 3.05) is 11.9 Å². The Bertz CT molecular complexity index is 733. The zero-order valence-corrected chi connectivity index (χ0v) is 12.9. The Kier molecular flexibility index (Phi) is 4.28. The summed E-state index contributed by atoms with van der Waals surface area (Å²) in [4.78, 5) is 14.2. The highest BCUT2D eigenvalue weighted by Gasteiger charge is 2.31. The predicted molar refractivity (Wildman–Crippen MR) is 85.2 cm³/mol. The minimum absolute atomic E-state index is 0.00756. The van der Waals surface area contributed by atoms with Gasteiger partial charge in [-0.05, 0) is 43.0 Å². The normalized spacial score (nSPS) is 17.3. The average molecular weight is 316 g/mol. The van der Waals surface area contributed by atoms with Gasteiger partial charge in [0.25, 0.3) is 0 Å². The van der Waals surface area contributed by atoms with Crippen LogP contribution in [0.1, 0.15) is 30.0 Å². The van der Waals surface area contributed by atoms with Crippen molar-refractivity contribution in [2.45, 2.75) is 25.8 Å². The molecule has 2 amide bonds. The maximum atomic E-state index is 13.7. The lowest BCUT2D eigenvalue weighted by Crippen LogP contribution is -2.34. The van der Waals surface area contributed by atoms with E-state index in [9.17, 15) is 13.6 Å². The lowest BCUT2D eigenvalue weighted by atomic mass is 9.99. The molecule has 1 aliphatic heterocycles. The van der Waals surface area contributed by atoms with Crippen LogP contribution in [-0.2, 0) is 0 Å². The van der Waals surface area contributed by atoms with Gasteiger partial charge in [0.1, 0.15) is 11.6 Å². The molecule has 1 aliphatic rings. The summed E-state index contributed by atoms with van der Waals surface area (Å²) >= 11 is 0. The van der Waals surface area contributed by atoms with Crippen molar-refractivity contribution in [1.82, 2.24) is 4.90 Å². The summed E-state index contributed by atoms with van der Waals surface area (Å²) in [6, 6.07) is 10.7. The van der Waals surface area contributed by atoms with E-state index in [1.165, 1.54) is 6.07 Å². The van der Waals surface area contributed by atoms with E-state index in [0.717, 1.165) is 36.1 Å². The van der Waals surface area contributed by atoms with E-state index >= 15 is 0 Å². The van der Waals surface area contributed by atoms with E-state index in [4.69, 9.17) is 0 Å².